The van der Waals surface area contributed by atoms with E-state index in [0.29, 0.717) is 17.3 Å². The zero-order chi connectivity index (χ0) is 25.4. The second-order valence-electron chi connectivity index (χ2n) is 8.76. The lowest BCUT2D eigenvalue weighted by Crippen LogP contribution is -2.17. The maximum atomic E-state index is 12.5. The summed E-state index contributed by atoms with van der Waals surface area (Å²) in [5.41, 5.74) is 4.07. The van der Waals surface area contributed by atoms with Gasteiger partial charge in [-0.2, -0.15) is 5.26 Å². The molecule has 178 valence electrons. The number of nitrogens with zero attached hydrogens (tertiary/aromatic N) is 5. The molecule has 0 saturated heterocycles. The number of rotatable bonds is 9. The van der Waals surface area contributed by atoms with Gasteiger partial charge in [-0.15, -0.1) is 0 Å². The molecule has 1 amide bonds. The van der Waals surface area contributed by atoms with Crippen molar-refractivity contribution in [1.82, 2.24) is 19.9 Å². The van der Waals surface area contributed by atoms with Crippen molar-refractivity contribution in [1.29, 1.82) is 5.26 Å². The molecule has 0 radical (unpaired) electrons. The zero-order valence-corrected chi connectivity index (χ0v) is 20.4. The van der Waals surface area contributed by atoms with E-state index < -0.39 is 5.41 Å². The molecule has 35 heavy (non-hydrogen) atoms. The van der Waals surface area contributed by atoms with Gasteiger partial charge in [-0.3, -0.25) is 9.78 Å². The van der Waals surface area contributed by atoms with Crippen molar-refractivity contribution in [3.63, 3.8) is 0 Å². The Morgan fingerprint density at radius 2 is 1.71 bits per heavy atom. The third-order valence-electron chi connectivity index (χ3n) is 5.14. The summed E-state index contributed by atoms with van der Waals surface area (Å²) in [7, 11) is 3.85. The van der Waals surface area contributed by atoms with E-state index in [4.69, 9.17) is 0 Å². The number of hydrogen-bond acceptors (Lipinski definition) is 7. The Hall–Kier alpha value is -4.51. The lowest BCUT2D eigenvalue weighted by molar-refractivity contribution is -0.115. The van der Waals surface area contributed by atoms with Gasteiger partial charge in [0.25, 0.3) is 0 Å². The van der Waals surface area contributed by atoms with Crippen molar-refractivity contribution in [2.75, 3.05) is 24.7 Å². The van der Waals surface area contributed by atoms with Gasteiger partial charge in [0.15, 0.2) is 0 Å². The van der Waals surface area contributed by atoms with E-state index >= 15 is 0 Å². The largest absolute Gasteiger partial charge is 0.382 e. The maximum Gasteiger partial charge on any atom is 0.228 e. The summed E-state index contributed by atoms with van der Waals surface area (Å²) in [5, 5.41) is 15.2. The smallest absolute Gasteiger partial charge is 0.228 e. The average molecular weight is 468 g/mol. The third kappa shape index (κ3) is 6.98. The fourth-order valence-corrected chi connectivity index (χ4v) is 3.19. The lowest BCUT2D eigenvalue weighted by Gasteiger charge is -2.14. The number of pyridine rings is 1. The van der Waals surface area contributed by atoms with Crippen LogP contribution < -0.4 is 10.6 Å². The van der Waals surface area contributed by atoms with Crippen molar-refractivity contribution < 1.29 is 4.79 Å². The van der Waals surface area contributed by atoms with E-state index in [1.807, 2.05) is 49.5 Å². The van der Waals surface area contributed by atoms with E-state index in [1.54, 1.807) is 50.6 Å². The van der Waals surface area contributed by atoms with Gasteiger partial charge in [0, 0.05) is 38.3 Å². The SMILES string of the molecule is C=C/C(=C\N(C)C)Nc1ncc(-c2ccc(CC(=O)Nc3ccc(C(C)(C)C#N)nc3)cc2)cn1. The highest BCUT2D eigenvalue weighted by Gasteiger charge is 2.21. The van der Waals surface area contributed by atoms with Crippen molar-refractivity contribution >= 4 is 17.5 Å². The molecule has 0 aliphatic rings. The molecular formula is C27H29N7O. The molecule has 2 aromatic heterocycles. The monoisotopic (exact) mass is 467 g/mol. The number of carbonyl (C=O) groups excluding carboxylic acids is 1. The second-order valence-corrected chi connectivity index (χ2v) is 8.76. The van der Waals surface area contributed by atoms with Crippen LogP contribution in [0.15, 0.2) is 79.5 Å². The highest BCUT2D eigenvalue weighted by molar-refractivity contribution is 5.92. The predicted octanol–water partition coefficient (Wildman–Crippen LogP) is 4.52. The first-order valence-corrected chi connectivity index (χ1v) is 11.1. The number of carbonyl (C=O) groups is 1. The minimum atomic E-state index is -0.677. The molecule has 0 saturated carbocycles. The second kappa shape index (κ2) is 11.1. The molecule has 0 fully saturated rings. The van der Waals surface area contributed by atoms with E-state index in [9.17, 15) is 10.1 Å². The number of anilines is 2. The molecule has 8 nitrogen and oxygen atoms in total. The summed E-state index contributed by atoms with van der Waals surface area (Å²) in [6, 6.07) is 13.4. The minimum Gasteiger partial charge on any atom is -0.382 e. The Bertz CT molecular complexity index is 1240. The van der Waals surface area contributed by atoms with Gasteiger partial charge in [0.1, 0.15) is 0 Å². The van der Waals surface area contributed by atoms with Gasteiger partial charge in [-0.25, -0.2) is 9.97 Å². The number of nitrogens with one attached hydrogen (secondary N) is 2. The standard InChI is InChI=1S/C27H29N7O/c1-6-22(17-34(4)5)33-26-30-14-21(15-31-26)20-9-7-19(8-10-20)13-25(35)32-23-11-12-24(29-16-23)27(2,3)18-28/h6-12,14-17H,1,13H2,2-5H3,(H,32,35)(H,30,31,33)/b22-17+. The molecule has 0 spiro atoms. The van der Waals surface area contributed by atoms with Crippen LogP contribution in [0.2, 0.25) is 0 Å². The summed E-state index contributed by atoms with van der Waals surface area (Å²) in [5.74, 6) is 0.336. The van der Waals surface area contributed by atoms with Crippen LogP contribution in [0.1, 0.15) is 25.1 Å². The Balaban J connectivity index is 1.59. The molecule has 0 aliphatic heterocycles. The van der Waals surface area contributed by atoms with E-state index in [2.05, 4.69) is 38.2 Å². The summed E-state index contributed by atoms with van der Waals surface area (Å²) in [6.45, 7) is 7.39. The van der Waals surface area contributed by atoms with E-state index in [0.717, 1.165) is 22.4 Å². The average Bonchev–Trinajstić information content (AvgIpc) is 2.84. The van der Waals surface area contributed by atoms with Crippen LogP contribution >= 0.6 is 0 Å². The van der Waals surface area contributed by atoms with E-state index in [-0.39, 0.29) is 12.3 Å². The normalized spacial score (nSPS) is 11.3. The van der Waals surface area contributed by atoms with Crippen LogP contribution in [-0.2, 0) is 16.6 Å². The molecule has 3 aromatic rings. The molecule has 2 N–H and O–H groups in total. The number of amides is 1. The van der Waals surface area contributed by atoms with Crippen molar-refractivity contribution in [2.24, 2.45) is 0 Å². The fourth-order valence-electron chi connectivity index (χ4n) is 3.19. The van der Waals surface area contributed by atoms with Gasteiger partial charge in [-0.1, -0.05) is 30.8 Å². The quantitative estimate of drug-likeness (QED) is 0.446. The first-order chi connectivity index (χ1) is 16.7. The van der Waals surface area contributed by atoms with Crippen LogP contribution in [0.4, 0.5) is 11.6 Å². The molecule has 3 rings (SSSR count). The minimum absolute atomic E-state index is 0.144. The third-order valence-corrected chi connectivity index (χ3v) is 5.14. The van der Waals surface area contributed by atoms with Crippen LogP contribution in [0.3, 0.4) is 0 Å². The molecule has 0 aliphatic carbocycles. The topological polar surface area (TPSA) is 107 Å². The van der Waals surface area contributed by atoms with Crippen molar-refractivity contribution in [2.45, 2.75) is 25.7 Å². The van der Waals surface area contributed by atoms with Crippen LogP contribution in [0, 0.1) is 11.3 Å². The zero-order valence-electron chi connectivity index (χ0n) is 20.4. The van der Waals surface area contributed by atoms with Gasteiger partial charge < -0.3 is 15.5 Å². The molecule has 1 aromatic carbocycles. The number of benzene rings is 1. The fraction of sp³-hybridized carbons (Fsp3) is 0.222. The Kier molecular flexibility index (Phi) is 7.95. The summed E-state index contributed by atoms with van der Waals surface area (Å²) in [4.78, 5) is 27.4. The highest BCUT2D eigenvalue weighted by atomic mass is 16.1. The molecule has 0 atom stereocenters. The summed E-state index contributed by atoms with van der Waals surface area (Å²) in [6.07, 6.45) is 8.89. The Morgan fingerprint density at radius 1 is 1.03 bits per heavy atom. The van der Waals surface area contributed by atoms with Crippen molar-refractivity contribution in [3.8, 4) is 17.2 Å². The van der Waals surface area contributed by atoms with Gasteiger partial charge >= 0.3 is 0 Å². The Labute approximate surface area is 206 Å². The van der Waals surface area contributed by atoms with Crippen LogP contribution in [-0.4, -0.2) is 39.9 Å². The number of aromatic nitrogens is 3. The Morgan fingerprint density at radius 3 is 2.26 bits per heavy atom. The number of hydrogen-bond donors (Lipinski definition) is 2. The number of allylic oxidation sites excluding steroid dienone is 1. The van der Waals surface area contributed by atoms with Crippen LogP contribution in [0.25, 0.3) is 11.1 Å². The van der Waals surface area contributed by atoms with Gasteiger partial charge in [0.2, 0.25) is 11.9 Å². The highest BCUT2D eigenvalue weighted by Crippen LogP contribution is 2.22. The van der Waals surface area contributed by atoms with Crippen molar-refractivity contribution in [3.05, 3.63) is 90.8 Å². The molecule has 0 bridgehead atoms. The first-order valence-electron chi connectivity index (χ1n) is 11.1. The van der Waals surface area contributed by atoms with Crippen LogP contribution in [0.5, 0.6) is 0 Å². The maximum absolute atomic E-state index is 12.5. The molecule has 2 heterocycles. The summed E-state index contributed by atoms with van der Waals surface area (Å²) < 4.78 is 0. The number of nitriles is 1. The molecule has 0 unspecified atom stereocenters. The molecule has 8 heteroatoms. The summed E-state index contributed by atoms with van der Waals surface area (Å²) >= 11 is 0. The van der Waals surface area contributed by atoms with Gasteiger partial charge in [0.05, 0.1) is 41.2 Å². The molecular weight excluding hydrogens is 438 g/mol. The van der Waals surface area contributed by atoms with Gasteiger partial charge in [-0.05, 0) is 43.2 Å². The van der Waals surface area contributed by atoms with E-state index in [1.165, 1.54) is 0 Å². The lowest BCUT2D eigenvalue weighted by atomic mass is 9.91. The first kappa shape index (κ1) is 25.1. The predicted molar refractivity (Wildman–Crippen MR) is 138 cm³/mol.